The lowest BCUT2D eigenvalue weighted by Crippen LogP contribution is -2.47. The average Bonchev–Trinajstić information content (AvgIpc) is 2.82. The number of rotatable bonds is 3. The maximum atomic E-state index is 6.31. The van der Waals surface area contributed by atoms with Gasteiger partial charge in [-0.05, 0) is 81.0 Å². The fourth-order valence-electron chi connectivity index (χ4n) is 6.14. The molecule has 5 aliphatic rings. The first kappa shape index (κ1) is 12.6. The first-order valence-electron chi connectivity index (χ1n) is 8.75. The maximum Gasteiger partial charge on any atom is 0.227 e. The molecule has 2 N–H and O–H groups in total. The molecule has 0 unspecified atom stereocenters. The summed E-state index contributed by atoms with van der Waals surface area (Å²) >= 11 is 0. The second-order valence-corrected chi connectivity index (χ2v) is 8.62. The Balaban J connectivity index is 1.38. The summed E-state index contributed by atoms with van der Waals surface area (Å²) in [7, 11) is 0. The standard InChI is InChI=1S/C17H25N3O/c18-17(2-1-3-17)15-19-14(21-20-15)10-16-7-11-4-12(8-16)6-13(5-11)9-16/h11-13H,1-10,18H2. The molecular formula is C17H25N3O. The van der Waals surface area contributed by atoms with Crippen LogP contribution in [0.4, 0.5) is 0 Å². The lowest BCUT2D eigenvalue weighted by molar-refractivity contribution is -0.0556. The molecule has 1 aromatic heterocycles. The molecule has 5 aliphatic carbocycles. The number of nitrogens with zero attached hydrogens (tertiary/aromatic N) is 2. The van der Waals surface area contributed by atoms with Crippen LogP contribution in [0.15, 0.2) is 4.52 Å². The molecule has 5 fully saturated rings. The Hall–Kier alpha value is -0.900. The van der Waals surface area contributed by atoms with Crippen LogP contribution in [0, 0.1) is 23.2 Å². The predicted octanol–water partition coefficient (Wildman–Crippen LogP) is 3.17. The summed E-state index contributed by atoms with van der Waals surface area (Å²) in [6.07, 6.45) is 12.8. The third-order valence-corrected chi connectivity index (χ3v) is 6.85. The zero-order valence-corrected chi connectivity index (χ0v) is 12.7. The van der Waals surface area contributed by atoms with Gasteiger partial charge >= 0.3 is 0 Å². The summed E-state index contributed by atoms with van der Waals surface area (Å²) in [5.41, 5.74) is 6.50. The zero-order chi connectivity index (χ0) is 14.1. The van der Waals surface area contributed by atoms with E-state index in [1.54, 1.807) is 0 Å². The topological polar surface area (TPSA) is 64.9 Å². The summed E-state index contributed by atoms with van der Waals surface area (Å²) in [6, 6.07) is 0. The molecule has 0 saturated heterocycles. The van der Waals surface area contributed by atoms with Crippen LogP contribution in [-0.4, -0.2) is 10.1 Å². The molecule has 0 amide bonds. The zero-order valence-electron chi connectivity index (χ0n) is 12.7. The Bertz CT molecular complexity index is 525. The second-order valence-electron chi connectivity index (χ2n) is 8.62. The van der Waals surface area contributed by atoms with E-state index in [1.165, 1.54) is 44.9 Å². The van der Waals surface area contributed by atoms with E-state index >= 15 is 0 Å². The third kappa shape index (κ3) is 1.91. The van der Waals surface area contributed by atoms with Gasteiger partial charge in [-0.15, -0.1) is 0 Å². The van der Waals surface area contributed by atoms with Crippen molar-refractivity contribution in [3.8, 4) is 0 Å². The first-order chi connectivity index (χ1) is 10.1. The van der Waals surface area contributed by atoms with E-state index in [2.05, 4.69) is 10.1 Å². The molecule has 5 saturated carbocycles. The summed E-state index contributed by atoms with van der Waals surface area (Å²) in [4.78, 5) is 4.68. The summed E-state index contributed by atoms with van der Waals surface area (Å²) < 4.78 is 5.58. The molecule has 21 heavy (non-hydrogen) atoms. The summed E-state index contributed by atoms with van der Waals surface area (Å²) in [6.45, 7) is 0. The van der Waals surface area contributed by atoms with Crippen molar-refractivity contribution in [3.63, 3.8) is 0 Å². The monoisotopic (exact) mass is 287 g/mol. The average molecular weight is 287 g/mol. The summed E-state index contributed by atoms with van der Waals surface area (Å²) in [5, 5.41) is 4.20. The van der Waals surface area contributed by atoms with Gasteiger partial charge in [0.25, 0.3) is 0 Å². The lowest BCUT2D eigenvalue weighted by Gasteiger charge is -2.56. The number of aromatic nitrogens is 2. The highest BCUT2D eigenvalue weighted by Crippen LogP contribution is 2.61. The maximum absolute atomic E-state index is 6.31. The number of hydrogen-bond acceptors (Lipinski definition) is 4. The van der Waals surface area contributed by atoms with Crippen LogP contribution < -0.4 is 5.73 Å². The van der Waals surface area contributed by atoms with Gasteiger partial charge in [0.15, 0.2) is 5.82 Å². The van der Waals surface area contributed by atoms with Gasteiger partial charge in [0, 0.05) is 6.42 Å². The minimum Gasteiger partial charge on any atom is -0.339 e. The van der Waals surface area contributed by atoms with Crippen LogP contribution in [0.5, 0.6) is 0 Å². The van der Waals surface area contributed by atoms with E-state index in [0.29, 0.717) is 5.41 Å². The van der Waals surface area contributed by atoms with E-state index in [9.17, 15) is 0 Å². The van der Waals surface area contributed by atoms with Crippen molar-refractivity contribution in [1.29, 1.82) is 0 Å². The van der Waals surface area contributed by atoms with Crippen molar-refractivity contribution in [3.05, 3.63) is 11.7 Å². The van der Waals surface area contributed by atoms with E-state index in [-0.39, 0.29) is 5.54 Å². The Kier molecular flexibility index (Phi) is 2.46. The Labute approximate surface area is 125 Å². The van der Waals surface area contributed by atoms with Crippen LogP contribution in [0.25, 0.3) is 0 Å². The fourth-order valence-corrected chi connectivity index (χ4v) is 6.14. The molecule has 4 nitrogen and oxygen atoms in total. The van der Waals surface area contributed by atoms with Gasteiger partial charge in [0.2, 0.25) is 5.89 Å². The molecule has 0 spiro atoms. The van der Waals surface area contributed by atoms with Crippen LogP contribution >= 0.6 is 0 Å². The van der Waals surface area contributed by atoms with E-state index in [0.717, 1.165) is 48.7 Å². The van der Waals surface area contributed by atoms with Crippen molar-refractivity contribution >= 4 is 0 Å². The molecule has 4 heteroatoms. The van der Waals surface area contributed by atoms with E-state index in [4.69, 9.17) is 10.3 Å². The van der Waals surface area contributed by atoms with Gasteiger partial charge in [0.1, 0.15) is 0 Å². The molecule has 6 rings (SSSR count). The minimum absolute atomic E-state index is 0.288. The van der Waals surface area contributed by atoms with Crippen LogP contribution in [0.1, 0.15) is 69.5 Å². The largest absolute Gasteiger partial charge is 0.339 e. The van der Waals surface area contributed by atoms with Crippen LogP contribution in [0.2, 0.25) is 0 Å². The molecule has 1 heterocycles. The van der Waals surface area contributed by atoms with Crippen molar-refractivity contribution in [2.24, 2.45) is 28.9 Å². The van der Waals surface area contributed by atoms with Crippen molar-refractivity contribution in [1.82, 2.24) is 10.1 Å². The molecule has 114 valence electrons. The third-order valence-electron chi connectivity index (χ3n) is 6.85. The van der Waals surface area contributed by atoms with Crippen molar-refractivity contribution in [2.75, 3.05) is 0 Å². The van der Waals surface area contributed by atoms with Gasteiger partial charge in [-0.3, -0.25) is 0 Å². The Morgan fingerprint density at radius 3 is 2.19 bits per heavy atom. The van der Waals surface area contributed by atoms with Crippen molar-refractivity contribution in [2.45, 2.75) is 69.7 Å². The fraction of sp³-hybridized carbons (Fsp3) is 0.882. The quantitative estimate of drug-likeness (QED) is 0.927. The molecule has 0 aromatic carbocycles. The highest BCUT2D eigenvalue weighted by atomic mass is 16.5. The first-order valence-corrected chi connectivity index (χ1v) is 8.75. The van der Waals surface area contributed by atoms with Gasteiger partial charge < -0.3 is 10.3 Å². The highest BCUT2D eigenvalue weighted by molar-refractivity contribution is 5.10. The molecule has 0 aliphatic heterocycles. The molecule has 0 atom stereocenters. The SMILES string of the molecule is NC1(c2noc(CC34CC5CC(CC(C5)C3)C4)n2)CCC1. The second kappa shape index (κ2) is 4.09. The highest BCUT2D eigenvalue weighted by Gasteiger charge is 2.51. The van der Waals surface area contributed by atoms with Gasteiger partial charge in [-0.2, -0.15) is 4.98 Å². The summed E-state index contributed by atoms with van der Waals surface area (Å²) in [5.74, 6) is 4.54. The van der Waals surface area contributed by atoms with Gasteiger partial charge in [-0.1, -0.05) is 5.16 Å². The van der Waals surface area contributed by atoms with Gasteiger partial charge in [0.05, 0.1) is 5.54 Å². The lowest BCUT2D eigenvalue weighted by atomic mass is 9.49. The number of nitrogens with two attached hydrogens (primary N) is 1. The normalized spacial score (nSPS) is 43.0. The molecule has 0 radical (unpaired) electrons. The Morgan fingerprint density at radius 1 is 1.05 bits per heavy atom. The molecular weight excluding hydrogens is 262 g/mol. The van der Waals surface area contributed by atoms with E-state index in [1.807, 2.05) is 0 Å². The number of hydrogen-bond donors (Lipinski definition) is 1. The smallest absolute Gasteiger partial charge is 0.227 e. The Morgan fingerprint density at radius 2 is 1.67 bits per heavy atom. The van der Waals surface area contributed by atoms with Gasteiger partial charge in [-0.25, -0.2) is 0 Å². The predicted molar refractivity (Wildman–Crippen MR) is 78.3 cm³/mol. The van der Waals surface area contributed by atoms with Crippen LogP contribution in [0.3, 0.4) is 0 Å². The molecule has 4 bridgehead atoms. The van der Waals surface area contributed by atoms with Crippen LogP contribution in [-0.2, 0) is 12.0 Å². The van der Waals surface area contributed by atoms with Crippen molar-refractivity contribution < 1.29 is 4.52 Å². The minimum atomic E-state index is -0.288. The van der Waals surface area contributed by atoms with E-state index < -0.39 is 0 Å². The molecule has 1 aromatic rings.